The number of hydrogen-bond acceptors (Lipinski definition) is 3. The Kier molecular flexibility index (Phi) is 3.07. The Bertz CT molecular complexity index is 566. The van der Waals surface area contributed by atoms with E-state index in [4.69, 9.17) is 10.5 Å². The lowest BCUT2D eigenvalue weighted by atomic mass is 9.83. The lowest BCUT2D eigenvalue weighted by Crippen LogP contribution is -2.26. The number of nitrogens with two attached hydrogens (primary N) is 1. The Balaban J connectivity index is 2.56. The van der Waals surface area contributed by atoms with Gasteiger partial charge in [0.1, 0.15) is 0 Å². The van der Waals surface area contributed by atoms with Crippen molar-refractivity contribution in [2.45, 2.75) is 26.8 Å². The molecular formula is C14H21N3O. The molecule has 0 saturated carbocycles. The van der Waals surface area contributed by atoms with Gasteiger partial charge in [-0.3, -0.25) is 4.68 Å². The number of ether oxygens (including phenoxy) is 1. The number of fused-ring (bicyclic) bond motifs is 1. The first-order chi connectivity index (χ1) is 8.34. The number of methoxy groups -OCH3 is 1. The number of aromatic nitrogens is 2. The molecule has 0 amide bonds. The summed E-state index contributed by atoms with van der Waals surface area (Å²) >= 11 is 0. The number of nitrogens with zero attached hydrogens (tertiary/aromatic N) is 2. The van der Waals surface area contributed by atoms with Crippen LogP contribution < -0.4 is 10.5 Å². The summed E-state index contributed by atoms with van der Waals surface area (Å²) < 4.78 is 7.12. The Morgan fingerprint density at radius 3 is 2.56 bits per heavy atom. The van der Waals surface area contributed by atoms with Crippen molar-refractivity contribution >= 4 is 10.9 Å². The number of hydrogen-bond donors (Lipinski definition) is 1. The Morgan fingerprint density at radius 2 is 2.00 bits per heavy atom. The predicted molar refractivity (Wildman–Crippen MR) is 73.6 cm³/mol. The van der Waals surface area contributed by atoms with E-state index in [0.717, 1.165) is 16.5 Å². The fourth-order valence-corrected chi connectivity index (χ4v) is 2.10. The molecule has 2 N–H and O–H groups in total. The summed E-state index contributed by atoms with van der Waals surface area (Å²) in [6.07, 6.45) is 0. The molecule has 4 heteroatoms. The summed E-state index contributed by atoms with van der Waals surface area (Å²) in [5.41, 5.74) is 8.49. The van der Waals surface area contributed by atoms with Crippen LogP contribution >= 0.6 is 0 Å². The van der Waals surface area contributed by atoms with E-state index in [0.29, 0.717) is 5.88 Å². The standard InChI is InChI=1S/C14H21N3O/c1-14(2,3)12(15)9-6-7-11-10(8-9)13(18-5)16-17(11)4/h6-8,12H,15H2,1-5H3. The highest BCUT2D eigenvalue weighted by Crippen LogP contribution is 2.33. The molecule has 0 fully saturated rings. The number of benzene rings is 1. The first-order valence-corrected chi connectivity index (χ1v) is 6.11. The van der Waals surface area contributed by atoms with Crippen LogP contribution in [-0.2, 0) is 7.05 Å². The van der Waals surface area contributed by atoms with Gasteiger partial charge in [-0.05, 0) is 23.1 Å². The third-order valence-corrected chi connectivity index (χ3v) is 3.33. The van der Waals surface area contributed by atoms with Gasteiger partial charge in [0.05, 0.1) is 18.0 Å². The highest BCUT2D eigenvalue weighted by molar-refractivity contribution is 5.85. The molecule has 1 atom stereocenters. The van der Waals surface area contributed by atoms with Crippen LogP contribution in [0, 0.1) is 5.41 Å². The molecule has 1 heterocycles. The summed E-state index contributed by atoms with van der Waals surface area (Å²) in [7, 11) is 3.55. The summed E-state index contributed by atoms with van der Waals surface area (Å²) in [4.78, 5) is 0. The molecule has 0 spiro atoms. The highest BCUT2D eigenvalue weighted by atomic mass is 16.5. The first-order valence-electron chi connectivity index (χ1n) is 6.11. The van der Waals surface area contributed by atoms with Crippen molar-refractivity contribution in [2.24, 2.45) is 18.2 Å². The van der Waals surface area contributed by atoms with Crippen LogP contribution in [-0.4, -0.2) is 16.9 Å². The van der Waals surface area contributed by atoms with Crippen molar-refractivity contribution in [3.05, 3.63) is 23.8 Å². The van der Waals surface area contributed by atoms with Gasteiger partial charge in [-0.15, -0.1) is 5.10 Å². The average Bonchev–Trinajstić information content (AvgIpc) is 2.63. The van der Waals surface area contributed by atoms with Gasteiger partial charge in [0.25, 0.3) is 0 Å². The Hall–Kier alpha value is -1.55. The molecule has 0 aliphatic rings. The normalized spacial score (nSPS) is 13.9. The highest BCUT2D eigenvalue weighted by Gasteiger charge is 2.23. The third-order valence-electron chi connectivity index (χ3n) is 3.33. The minimum Gasteiger partial charge on any atom is -0.479 e. The molecule has 4 nitrogen and oxygen atoms in total. The zero-order chi connectivity index (χ0) is 13.5. The quantitative estimate of drug-likeness (QED) is 0.887. The monoisotopic (exact) mass is 247 g/mol. The minimum absolute atomic E-state index is 0.00758. The van der Waals surface area contributed by atoms with Gasteiger partial charge in [-0.2, -0.15) is 0 Å². The molecule has 0 aliphatic carbocycles. The van der Waals surface area contributed by atoms with E-state index >= 15 is 0 Å². The maximum Gasteiger partial charge on any atom is 0.240 e. The van der Waals surface area contributed by atoms with Crippen molar-refractivity contribution in [3.8, 4) is 5.88 Å². The molecule has 0 radical (unpaired) electrons. The maximum absolute atomic E-state index is 6.29. The van der Waals surface area contributed by atoms with Crippen LogP contribution in [0.15, 0.2) is 18.2 Å². The van der Waals surface area contributed by atoms with Gasteiger partial charge in [-0.25, -0.2) is 0 Å². The topological polar surface area (TPSA) is 53.1 Å². The van der Waals surface area contributed by atoms with Crippen molar-refractivity contribution in [3.63, 3.8) is 0 Å². The smallest absolute Gasteiger partial charge is 0.240 e. The zero-order valence-electron chi connectivity index (χ0n) is 11.7. The fourth-order valence-electron chi connectivity index (χ4n) is 2.10. The van der Waals surface area contributed by atoms with E-state index in [-0.39, 0.29) is 11.5 Å². The van der Waals surface area contributed by atoms with Crippen LogP contribution in [0.25, 0.3) is 10.9 Å². The summed E-state index contributed by atoms with van der Waals surface area (Å²) in [5, 5.41) is 5.34. The SMILES string of the molecule is COc1nn(C)c2ccc(C(N)C(C)(C)C)cc12. The van der Waals surface area contributed by atoms with Crippen molar-refractivity contribution in [1.29, 1.82) is 0 Å². The summed E-state index contributed by atoms with van der Waals surface area (Å²) in [6.45, 7) is 6.42. The second kappa shape index (κ2) is 4.28. The fraction of sp³-hybridized carbons (Fsp3) is 0.500. The molecule has 1 unspecified atom stereocenters. The molecule has 0 saturated heterocycles. The average molecular weight is 247 g/mol. The lowest BCUT2D eigenvalue weighted by Gasteiger charge is -2.27. The van der Waals surface area contributed by atoms with E-state index < -0.39 is 0 Å². The summed E-state index contributed by atoms with van der Waals surface area (Å²) in [6, 6.07) is 6.19. The van der Waals surface area contributed by atoms with Crippen LogP contribution in [0.3, 0.4) is 0 Å². The molecular weight excluding hydrogens is 226 g/mol. The third kappa shape index (κ3) is 2.08. The minimum atomic E-state index is -0.00758. The van der Waals surface area contributed by atoms with E-state index in [9.17, 15) is 0 Å². The van der Waals surface area contributed by atoms with Gasteiger partial charge >= 0.3 is 0 Å². The predicted octanol–water partition coefficient (Wildman–Crippen LogP) is 2.63. The maximum atomic E-state index is 6.29. The molecule has 2 rings (SSSR count). The van der Waals surface area contributed by atoms with Crippen LogP contribution in [0.4, 0.5) is 0 Å². The van der Waals surface area contributed by atoms with Crippen molar-refractivity contribution in [2.75, 3.05) is 7.11 Å². The van der Waals surface area contributed by atoms with E-state index in [2.05, 4.69) is 38.0 Å². The largest absolute Gasteiger partial charge is 0.479 e. The molecule has 1 aromatic heterocycles. The van der Waals surface area contributed by atoms with Crippen molar-refractivity contribution < 1.29 is 4.74 Å². The van der Waals surface area contributed by atoms with Crippen molar-refractivity contribution in [1.82, 2.24) is 9.78 Å². The Labute approximate surface area is 108 Å². The number of rotatable bonds is 2. The lowest BCUT2D eigenvalue weighted by molar-refractivity contribution is 0.327. The second-order valence-corrected chi connectivity index (χ2v) is 5.75. The van der Waals surface area contributed by atoms with Gasteiger partial charge in [-0.1, -0.05) is 26.8 Å². The Morgan fingerprint density at radius 1 is 1.33 bits per heavy atom. The van der Waals surface area contributed by atoms with Gasteiger partial charge < -0.3 is 10.5 Å². The molecule has 18 heavy (non-hydrogen) atoms. The first kappa shape index (κ1) is 12.9. The van der Waals surface area contributed by atoms with E-state index in [1.165, 1.54) is 0 Å². The van der Waals surface area contributed by atoms with Crippen LogP contribution in [0.5, 0.6) is 5.88 Å². The molecule has 0 bridgehead atoms. The van der Waals surface area contributed by atoms with E-state index in [1.807, 2.05) is 17.8 Å². The summed E-state index contributed by atoms with van der Waals surface area (Å²) in [5.74, 6) is 0.649. The zero-order valence-corrected chi connectivity index (χ0v) is 11.7. The van der Waals surface area contributed by atoms with E-state index in [1.54, 1.807) is 7.11 Å². The van der Waals surface area contributed by atoms with Gasteiger partial charge in [0, 0.05) is 13.1 Å². The molecule has 98 valence electrons. The molecule has 2 aromatic rings. The van der Waals surface area contributed by atoms with Gasteiger partial charge in [0.2, 0.25) is 5.88 Å². The molecule has 1 aromatic carbocycles. The van der Waals surface area contributed by atoms with Crippen LogP contribution in [0.2, 0.25) is 0 Å². The second-order valence-electron chi connectivity index (χ2n) is 5.75. The molecule has 0 aliphatic heterocycles. The van der Waals surface area contributed by atoms with Crippen LogP contribution in [0.1, 0.15) is 32.4 Å². The number of aryl methyl sites for hydroxylation is 1. The van der Waals surface area contributed by atoms with Gasteiger partial charge in [0.15, 0.2) is 0 Å².